The molecule has 3 aromatic heterocycles. The number of nitrogen functional groups attached to an aromatic ring is 2. The monoisotopic (exact) mass is 408 g/mol. The molecule has 0 saturated carbocycles. The molecule has 0 aliphatic carbocycles. The van der Waals surface area contributed by atoms with Crippen LogP contribution in [0.25, 0.3) is 22.4 Å². The van der Waals surface area contributed by atoms with Crippen molar-refractivity contribution in [2.45, 2.75) is 6.54 Å². The summed E-state index contributed by atoms with van der Waals surface area (Å²) in [6, 6.07) is 10.0. The number of nitrogens with one attached hydrogen (secondary N) is 1. The number of halogens is 1. The van der Waals surface area contributed by atoms with Crippen LogP contribution in [0.2, 0.25) is 0 Å². The summed E-state index contributed by atoms with van der Waals surface area (Å²) < 4.78 is 20.7. The Hall–Kier alpha value is -4.28. The van der Waals surface area contributed by atoms with E-state index in [1.807, 2.05) is 12.1 Å². The van der Waals surface area contributed by atoms with Gasteiger partial charge >= 0.3 is 6.09 Å². The van der Waals surface area contributed by atoms with Crippen molar-refractivity contribution in [1.29, 1.82) is 0 Å². The molecule has 0 aliphatic heterocycles. The van der Waals surface area contributed by atoms with E-state index in [0.29, 0.717) is 16.8 Å². The van der Waals surface area contributed by atoms with E-state index in [9.17, 15) is 9.18 Å². The second kappa shape index (κ2) is 7.62. The molecule has 4 rings (SSSR count). The number of para-hydroxylation sites is 1. The maximum absolute atomic E-state index is 14.7. The zero-order chi connectivity index (χ0) is 21.3. The van der Waals surface area contributed by atoms with Gasteiger partial charge in [-0.15, -0.1) is 0 Å². The Morgan fingerprint density at radius 2 is 1.93 bits per heavy atom. The number of aromatic nitrogens is 5. The van der Waals surface area contributed by atoms with E-state index in [2.05, 4.69) is 30.1 Å². The number of nitrogens with two attached hydrogens (primary N) is 2. The number of pyridine rings is 1. The average molecular weight is 408 g/mol. The molecule has 0 atom stereocenters. The second-order valence-corrected chi connectivity index (χ2v) is 6.27. The van der Waals surface area contributed by atoms with Crippen LogP contribution in [0, 0.1) is 5.82 Å². The molecule has 5 N–H and O–H groups in total. The maximum atomic E-state index is 14.7. The maximum Gasteiger partial charge on any atom is 0.411 e. The molecule has 10 nitrogen and oxygen atoms in total. The third-order valence-corrected chi connectivity index (χ3v) is 4.35. The number of methoxy groups -OCH3 is 1. The smallest absolute Gasteiger partial charge is 0.411 e. The van der Waals surface area contributed by atoms with Crippen LogP contribution in [-0.4, -0.2) is 37.9 Å². The number of nitrogens with zero attached hydrogens (tertiary/aromatic N) is 5. The zero-order valence-electron chi connectivity index (χ0n) is 15.8. The fraction of sp³-hybridized carbons (Fsp3) is 0.105. The lowest BCUT2D eigenvalue weighted by molar-refractivity contribution is 0.187. The van der Waals surface area contributed by atoms with Crippen molar-refractivity contribution < 1.29 is 13.9 Å². The Bertz CT molecular complexity index is 1220. The van der Waals surface area contributed by atoms with Crippen molar-refractivity contribution in [3.63, 3.8) is 0 Å². The number of fused-ring (bicyclic) bond motifs is 1. The van der Waals surface area contributed by atoms with E-state index in [1.165, 1.54) is 17.9 Å². The number of rotatable bonds is 4. The minimum Gasteiger partial charge on any atom is -0.453 e. The van der Waals surface area contributed by atoms with Crippen LogP contribution in [0.1, 0.15) is 5.69 Å². The van der Waals surface area contributed by atoms with Gasteiger partial charge in [-0.25, -0.2) is 19.2 Å². The molecule has 30 heavy (non-hydrogen) atoms. The highest BCUT2D eigenvalue weighted by Crippen LogP contribution is 2.31. The number of hydrogen-bond acceptors (Lipinski definition) is 8. The van der Waals surface area contributed by atoms with Crippen LogP contribution in [0.3, 0.4) is 0 Å². The Morgan fingerprint density at radius 1 is 1.17 bits per heavy atom. The van der Waals surface area contributed by atoms with Crippen LogP contribution >= 0.6 is 0 Å². The summed E-state index contributed by atoms with van der Waals surface area (Å²) in [4.78, 5) is 24.1. The van der Waals surface area contributed by atoms with Crippen LogP contribution in [0.15, 0.2) is 42.6 Å². The van der Waals surface area contributed by atoms with Crippen molar-refractivity contribution in [2.24, 2.45) is 0 Å². The van der Waals surface area contributed by atoms with Crippen LogP contribution in [-0.2, 0) is 11.3 Å². The third-order valence-electron chi connectivity index (χ3n) is 4.35. The molecule has 11 heteroatoms. The molecule has 152 valence electrons. The third kappa shape index (κ3) is 3.43. The van der Waals surface area contributed by atoms with Crippen molar-refractivity contribution >= 4 is 34.3 Å². The van der Waals surface area contributed by atoms with Gasteiger partial charge < -0.3 is 16.2 Å². The van der Waals surface area contributed by atoms with Crippen molar-refractivity contribution in [2.75, 3.05) is 23.9 Å². The Morgan fingerprint density at radius 3 is 2.60 bits per heavy atom. The van der Waals surface area contributed by atoms with Gasteiger partial charge in [-0.2, -0.15) is 5.10 Å². The number of anilines is 3. The Labute approximate surface area is 169 Å². The summed E-state index contributed by atoms with van der Waals surface area (Å²) in [6.45, 7) is 0.241. The normalized spacial score (nSPS) is 10.9. The van der Waals surface area contributed by atoms with Gasteiger partial charge in [0.2, 0.25) is 0 Å². The van der Waals surface area contributed by atoms with Gasteiger partial charge in [-0.05, 0) is 18.2 Å². The van der Waals surface area contributed by atoms with Gasteiger partial charge in [0, 0.05) is 11.6 Å². The van der Waals surface area contributed by atoms with E-state index in [-0.39, 0.29) is 35.2 Å². The second-order valence-electron chi connectivity index (χ2n) is 6.27. The predicted octanol–water partition coefficient (Wildman–Crippen LogP) is 2.42. The molecule has 1 amide bonds. The lowest BCUT2D eigenvalue weighted by Crippen LogP contribution is -2.16. The van der Waals surface area contributed by atoms with Crippen LogP contribution < -0.4 is 16.8 Å². The minimum atomic E-state index is -0.767. The van der Waals surface area contributed by atoms with Gasteiger partial charge in [-0.3, -0.25) is 15.0 Å². The summed E-state index contributed by atoms with van der Waals surface area (Å²) in [5.74, 6) is -0.513. The number of carbonyl (C=O) groups excluding carboxylic acids is 1. The van der Waals surface area contributed by atoms with Crippen LogP contribution in [0.5, 0.6) is 0 Å². The molecule has 0 unspecified atom stereocenters. The lowest BCUT2D eigenvalue weighted by Gasteiger charge is -2.10. The number of hydrogen-bond donors (Lipinski definition) is 3. The van der Waals surface area contributed by atoms with Crippen molar-refractivity contribution in [3.8, 4) is 11.5 Å². The van der Waals surface area contributed by atoms with Crippen molar-refractivity contribution in [3.05, 3.63) is 54.1 Å². The fourth-order valence-electron chi connectivity index (χ4n) is 3.00. The lowest BCUT2D eigenvalue weighted by atomic mass is 10.2. The molecule has 3 heterocycles. The van der Waals surface area contributed by atoms with E-state index in [0.717, 1.165) is 0 Å². The first kappa shape index (κ1) is 19.1. The van der Waals surface area contributed by atoms with Gasteiger partial charge in [0.05, 0.1) is 19.3 Å². The highest BCUT2D eigenvalue weighted by Gasteiger charge is 2.21. The standard InChI is InChI=1S/C19H17FN8O2/c1-30-19(29)24-14-16(21)25-18(26-17(14)22)13-11-6-4-7-12(20)15(11)28(27-13)9-10-5-2-3-8-23-10/h2-8H,9H2,1H3,(H,24,29)(H4,21,22,25,26). The Kier molecular flexibility index (Phi) is 4.84. The number of carbonyl (C=O) groups is 1. The van der Waals surface area contributed by atoms with Gasteiger partial charge in [0.1, 0.15) is 22.7 Å². The van der Waals surface area contributed by atoms with E-state index < -0.39 is 11.9 Å². The quantitative estimate of drug-likeness (QED) is 0.466. The van der Waals surface area contributed by atoms with E-state index >= 15 is 0 Å². The molecular formula is C19H17FN8O2. The molecule has 4 aromatic rings. The SMILES string of the molecule is COC(=O)Nc1c(N)nc(-c2nn(Cc3ccccn3)c3c(F)cccc23)nc1N. The highest BCUT2D eigenvalue weighted by molar-refractivity contribution is 5.95. The molecule has 0 spiro atoms. The number of ether oxygens (including phenoxy) is 1. The predicted molar refractivity (Wildman–Crippen MR) is 109 cm³/mol. The summed E-state index contributed by atoms with van der Waals surface area (Å²) in [6.07, 6.45) is 0.882. The highest BCUT2D eigenvalue weighted by atomic mass is 19.1. The molecule has 1 aromatic carbocycles. The minimum absolute atomic E-state index is 0.0222. The van der Waals surface area contributed by atoms with Gasteiger partial charge in [0.15, 0.2) is 17.5 Å². The molecule has 0 bridgehead atoms. The first-order valence-corrected chi connectivity index (χ1v) is 8.81. The summed E-state index contributed by atoms with van der Waals surface area (Å²) in [5.41, 5.74) is 13.2. The average Bonchev–Trinajstić information content (AvgIpc) is 3.10. The number of benzene rings is 1. The van der Waals surface area contributed by atoms with Gasteiger partial charge in [-0.1, -0.05) is 18.2 Å². The molecule has 0 aliphatic rings. The largest absolute Gasteiger partial charge is 0.453 e. The van der Waals surface area contributed by atoms with Crippen molar-refractivity contribution in [1.82, 2.24) is 24.7 Å². The topological polar surface area (TPSA) is 147 Å². The molecule has 0 fully saturated rings. The molecule has 0 radical (unpaired) electrons. The molecular weight excluding hydrogens is 391 g/mol. The van der Waals surface area contributed by atoms with E-state index in [4.69, 9.17) is 11.5 Å². The summed E-state index contributed by atoms with van der Waals surface area (Å²) >= 11 is 0. The Balaban J connectivity index is 1.84. The zero-order valence-corrected chi connectivity index (χ0v) is 15.8. The van der Waals surface area contributed by atoms with E-state index in [1.54, 1.807) is 24.4 Å². The van der Waals surface area contributed by atoms with Crippen LogP contribution in [0.4, 0.5) is 26.5 Å². The number of amides is 1. The van der Waals surface area contributed by atoms with Gasteiger partial charge in [0.25, 0.3) is 0 Å². The first-order valence-electron chi connectivity index (χ1n) is 8.81. The summed E-state index contributed by atoms with van der Waals surface area (Å²) in [7, 11) is 1.20. The summed E-state index contributed by atoms with van der Waals surface area (Å²) in [5, 5.41) is 7.34. The fourth-order valence-corrected chi connectivity index (χ4v) is 3.00. The first-order chi connectivity index (χ1) is 14.5. The molecule has 0 saturated heterocycles.